The lowest BCUT2D eigenvalue weighted by Gasteiger charge is -1.96. The van der Waals surface area contributed by atoms with Crippen molar-refractivity contribution in [3.63, 3.8) is 0 Å². The maximum absolute atomic E-state index is 5.43. The van der Waals surface area contributed by atoms with Gasteiger partial charge in [0.2, 0.25) is 0 Å². The predicted octanol–water partition coefficient (Wildman–Crippen LogP) is 2.62. The number of rotatable bonds is 2. The van der Waals surface area contributed by atoms with Gasteiger partial charge >= 0.3 is 0 Å². The van der Waals surface area contributed by atoms with Gasteiger partial charge in [-0.15, -0.1) is 17.0 Å². The first-order valence-electron chi connectivity index (χ1n) is 3.20. The molecule has 11 heavy (non-hydrogen) atoms. The molecule has 0 bridgehead atoms. The Labute approximate surface area is 85.9 Å². The van der Waals surface area contributed by atoms with Crippen LogP contribution < -0.4 is 5.73 Å². The van der Waals surface area contributed by atoms with Crippen LogP contribution in [0.15, 0.2) is 24.3 Å². The van der Waals surface area contributed by atoms with Crippen molar-refractivity contribution in [2.24, 2.45) is 5.73 Å². The molecule has 0 saturated carbocycles. The van der Waals surface area contributed by atoms with Crippen LogP contribution in [0.2, 0.25) is 0 Å². The van der Waals surface area contributed by atoms with Gasteiger partial charge in [0.05, 0.1) is 0 Å². The molecule has 0 fully saturated rings. The maximum Gasteiger partial charge on any atom is 0.0283 e. The van der Waals surface area contributed by atoms with Crippen LogP contribution in [0.3, 0.4) is 0 Å². The predicted molar refractivity (Wildman–Crippen MR) is 57.3 cm³/mol. The molecule has 1 aromatic carbocycles. The second-order valence-electron chi connectivity index (χ2n) is 2.15. The van der Waals surface area contributed by atoms with Crippen LogP contribution in [0.5, 0.6) is 0 Å². The first kappa shape index (κ1) is 11.1. The second-order valence-corrected chi connectivity index (χ2v) is 2.71. The lowest BCUT2D eigenvalue weighted by molar-refractivity contribution is 1.07. The van der Waals surface area contributed by atoms with E-state index in [1.165, 1.54) is 11.1 Å². The van der Waals surface area contributed by atoms with Crippen molar-refractivity contribution in [2.75, 3.05) is 0 Å². The van der Waals surface area contributed by atoms with E-state index in [1.807, 2.05) is 0 Å². The molecule has 0 aromatic heterocycles. The molecule has 0 aliphatic heterocycles. The lowest BCUT2D eigenvalue weighted by Crippen LogP contribution is -1.95. The first-order valence-corrected chi connectivity index (χ1v) is 4.33. The summed E-state index contributed by atoms with van der Waals surface area (Å²) in [6, 6.07) is 8.26. The average Bonchev–Trinajstić information content (AvgIpc) is 2.05. The molecule has 0 aliphatic carbocycles. The van der Waals surface area contributed by atoms with Crippen LogP contribution in [-0.4, -0.2) is 0 Å². The second kappa shape index (κ2) is 5.75. The Morgan fingerprint density at radius 1 is 1.09 bits per heavy atom. The number of hydrogen-bond donors (Lipinski definition) is 1. The average molecular weight is 281 g/mol. The van der Waals surface area contributed by atoms with Crippen molar-refractivity contribution in [3.05, 3.63) is 35.4 Å². The van der Waals surface area contributed by atoms with Crippen molar-refractivity contribution in [1.82, 2.24) is 0 Å². The van der Waals surface area contributed by atoms with Crippen LogP contribution in [-0.2, 0) is 11.9 Å². The number of nitrogens with two attached hydrogens (primary N) is 1. The van der Waals surface area contributed by atoms with Gasteiger partial charge in [0.1, 0.15) is 0 Å². The van der Waals surface area contributed by atoms with E-state index in [1.54, 1.807) is 0 Å². The molecule has 0 spiro atoms. The van der Waals surface area contributed by atoms with E-state index < -0.39 is 0 Å². The van der Waals surface area contributed by atoms with Gasteiger partial charge in [0.15, 0.2) is 0 Å². The Hall–Kier alpha value is 0.140. The Morgan fingerprint density at radius 2 is 1.55 bits per heavy atom. The molecular formula is C8H11Br2N. The van der Waals surface area contributed by atoms with Gasteiger partial charge < -0.3 is 5.73 Å². The largest absolute Gasteiger partial charge is 0.326 e. The summed E-state index contributed by atoms with van der Waals surface area (Å²) in [5.74, 6) is 0. The number of hydrogen-bond acceptors (Lipinski definition) is 1. The Bertz CT molecular complexity index is 173. The van der Waals surface area contributed by atoms with E-state index in [-0.39, 0.29) is 17.0 Å². The molecule has 0 radical (unpaired) electrons. The zero-order valence-electron chi connectivity index (χ0n) is 6.09. The highest BCUT2D eigenvalue weighted by atomic mass is 79.9. The van der Waals surface area contributed by atoms with Crippen molar-refractivity contribution in [3.8, 4) is 0 Å². The molecule has 1 nitrogen and oxygen atoms in total. The SMILES string of the molecule is Br.NCc1ccc(CBr)cc1. The summed E-state index contributed by atoms with van der Waals surface area (Å²) in [6.45, 7) is 0.628. The van der Waals surface area contributed by atoms with Gasteiger partial charge in [-0.2, -0.15) is 0 Å². The van der Waals surface area contributed by atoms with E-state index in [0.717, 1.165) is 5.33 Å². The molecule has 0 atom stereocenters. The number of benzene rings is 1. The summed E-state index contributed by atoms with van der Waals surface area (Å²) < 4.78 is 0. The van der Waals surface area contributed by atoms with Gasteiger partial charge in [0.25, 0.3) is 0 Å². The minimum atomic E-state index is 0. The summed E-state index contributed by atoms with van der Waals surface area (Å²) in [4.78, 5) is 0. The monoisotopic (exact) mass is 279 g/mol. The third kappa shape index (κ3) is 3.36. The standard InChI is InChI=1S/C8H10BrN.BrH/c9-5-7-1-3-8(6-10)4-2-7;/h1-4H,5-6,10H2;1H. The third-order valence-electron chi connectivity index (χ3n) is 1.41. The van der Waals surface area contributed by atoms with Crippen LogP contribution in [0, 0.1) is 0 Å². The molecule has 2 N–H and O–H groups in total. The van der Waals surface area contributed by atoms with Crippen LogP contribution in [0.4, 0.5) is 0 Å². The van der Waals surface area contributed by atoms with Crippen molar-refractivity contribution >= 4 is 32.9 Å². The molecule has 0 aliphatic rings. The summed E-state index contributed by atoms with van der Waals surface area (Å²) in [5, 5.41) is 0.915. The Kier molecular flexibility index (Phi) is 5.82. The van der Waals surface area contributed by atoms with Gasteiger partial charge in [-0.05, 0) is 11.1 Å². The topological polar surface area (TPSA) is 26.0 Å². The van der Waals surface area contributed by atoms with Crippen molar-refractivity contribution in [1.29, 1.82) is 0 Å². The Balaban J connectivity index is 0.000001000. The minimum Gasteiger partial charge on any atom is -0.326 e. The van der Waals surface area contributed by atoms with Crippen LogP contribution >= 0.6 is 32.9 Å². The van der Waals surface area contributed by atoms with Gasteiger partial charge in [-0.3, -0.25) is 0 Å². The molecule has 0 amide bonds. The summed E-state index contributed by atoms with van der Waals surface area (Å²) in [5.41, 5.74) is 7.90. The number of alkyl halides is 1. The zero-order valence-corrected chi connectivity index (χ0v) is 9.39. The van der Waals surface area contributed by atoms with E-state index >= 15 is 0 Å². The highest BCUT2D eigenvalue weighted by Crippen LogP contribution is 2.06. The first-order chi connectivity index (χ1) is 4.86. The smallest absolute Gasteiger partial charge is 0.0283 e. The molecule has 0 heterocycles. The fraction of sp³-hybridized carbons (Fsp3) is 0.250. The molecule has 1 aromatic rings. The molecule has 0 saturated heterocycles. The normalized spacial score (nSPS) is 8.91. The third-order valence-corrected chi connectivity index (χ3v) is 2.06. The van der Waals surface area contributed by atoms with Gasteiger partial charge in [0, 0.05) is 11.9 Å². The zero-order chi connectivity index (χ0) is 7.40. The molecule has 62 valence electrons. The van der Waals surface area contributed by atoms with Gasteiger partial charge in [-0.1, -0.05) is 40.2 Å². The highest BCUT2D eigenvalue weighted by Gasteiger charge is 1.89. The van der Waals surface area contributed by atoms with Gasteiger partial charge in [-0.25, -0.2) is 0 Å². The van der Waals surface area contributed by atoms with Crippen molar-refractivity contribution < 1.29 is 0 Å². The lowest BCUT2D eigenvalue weighted by atomic mass is 10.2. The minimum absolute atomic E-state index is 0. The summed E-state index contributed by atoms with van der Waals surface area (Å²) in [6.07, 6.45) is 0. The fourth-order valence-electron chi connectivity index (χ4n) is 0.764. The highest BCUT2D eigenvalue weighted by molar-refractivity contribution is 9.08. The van der Waals surface area contributed by atoms with E-state index in [0.29, 0.717) is 6.54 Å². The summed E-state index contributed by atoms with van der Waals surface area (Å²) >= 11 is 3.37. The van der Waals surface area contributed by atoms with Crippen molar-refractivity contribution in [2.45, 2.75) is 11.9 Å². The molecule has 1 rings (SSSR count). The van der Waals surface area contributed by atoms with Crippen LogP contribution in [0.1, 0.15) is 11.1 Å². The summed E-state index contributed by atoms with van der Waals surface area (Å²) in [7, 11) is 0. The van der Waals surface area contributed by atoms with E-state index in [4.69, 9.17) is 5.73 Å². The number of halogens is 2. The van der Waals surface area contributed by atoms with E-state index in [2.05, 4.69) is 40.2 Å². The van der Waals surface area contributed by atoms with Crippen LogP contribution in [0.25, 0.3) is 0 Å². The molecule has 3 heteroatoms. The van der Waals surface area contributed by atoms with E-state index in [9.17, 15) is 0 Å². The fourth-order valence-corrected chi connectivity index (χ4v) is 1.14. The maximum atomic E-state index is 5.43. The molecule has 0 unspecified atom stereocenters. The Morgan fingerprint density at radius 3 is 1.91 bits per heavy atom. The quantitative estimate of drug-likeness (QED) is 0.828. The molecular weight excluding hydrogens is 270 g/mol.